The van der Waals surface area contributed by atoms with Crippen molar-refractivity contribution in [1.82, 2.24) is 15.5 Å². The maximum atomic E-state index is 13.2. The van der Waals surface area contributed by atoms with Crippen LogP contribution in [0.25, 0.3) is 0 Å². The second-order valence-electron chi connectivity index (χ2n) is 5.33. The van der Waals surface area contributed by atoms with Gasteiger partial charge in [0.25, 0.3) is 0 Å². The van der Waals surface area contributed by atoms with Crippen LogP contribution in [0.2, 0.25) is 0 Å². The topological polar surface area (TPSA) is 61.4 Å². The number of urea groups is 1. The summed E-state index contributed by atoms with van der Waals surface area (Å²) < 4.78 is 13.2. The van der Waals surface area contributed by atoms with E-state index in [0.717, 1.165) is 24.0 Å². The van der Waals surface area contributed by atoms with Crippen LogP contribution >= 0.6 is 0 Å². The summed E-state index contributed by atoms with van der Waals surface area (Å²) in [6.07, 6.45) is 1.49. The highest BCUT2D eigenvalue weighted by Crippen LogP contribution is 2.31. The highest BCUT2D eigenvalue weighted by molar-refractivity contribution is 5.84. The highest BCUT2D eigenvalue weighted by atomic mass is 19.1. The molecule has 1 unspecified atom stereocenters. The number of benzene rings is 1. The molecule has 0 saturated heterocycles. The number of rotatable bonds is 5. The largest absolute Gasteiger partial charge is 0.342 e. The Morgan fingerprint density at radius 2 is 2.05 bits per heavy atom. The lowest BCUT2D eigenvalue weighted by molar-refractivity contribution is -0.129. The number of hydrogen-bond donors (Lipinski definition) is 2. The van der Waals surface area contributed by atoms with Crippen LogP contribution in [0.5, 0.6) is 0 Å². The Hall–Kier alpha value is -2.11. The third-order valence-corrected chi connectivity index (χ3v) is 4.00. The second-order valence-corrected chi connectivity index (χ2v) is 5.33. The molecule has 0 bridgehead atoms. The van der Waals surface area contributed by atoms with Crippen molar-refractivity contribution in [3.63, 3.8) is 0 Å². The Kier molecular flexibility index (Phi) is 5.35. The summed E-state index contributed by atoms with van der Waals surface area (Å²) >= 11 is 0. The van der Waals surface area contributed by atoms with Gasteiger partial charge in [0.2, 0.25) is 5.91 Å². The van der Waals surface area contributed by atoms with Gasteiger partial charge in [-0.05, 0) is 49.9 Å². The van der Waals surface area contributed by atoms with E-state index < -0.39 is 0 Å². The van der Waals surface area contributed by atoms with Crippen LogP contribution in [-0.4, -0.2) is 36.5 Å². The van der Waals surface area contributed by atoms with Gasteiger partial charge in [-0.15, -0.1) is 0 Å². The molecule has 1 aliphatic rings. The first-order valence-electron chi connectivity index (χ1n) is 7.65. The molecule has 1 aromatic carbocycles. The van der Waals surface area contributed by atoms with E-state index in [0.29, 0.717) is 13.1 Å². The van der Waals surface area contributed by atoms with E-state index in [1.54, 1.807) is 11.0 Å². The Morgan fingerprint density at radius 1 is 1.32 bits per heavy atom. The number of carbonyl (C=O) groups is 2. The number of nitrogens with one attached hydrogen (secondary N) is 2. The van der Waals surface area contributed by atoms with Gasteiger partial charge in [-0.1, -0.05) is 6.07 Å². The van der Waals surface area contributed by atoms with E-state index in [9.17, 15) is 14.0 Å². The van der Waals surface area contributed by atoms with Gasteiger partial charge in [0.05, 0.1) is 12.6 Å². The number of likely N-dealkylation sites (N-methyl/N-ethyl adjacent to an activating group) is 1. The molecule has 3 amide bonds. The predicted octanol–water partition coefficient (Wildman–Crippen LogP) is 1.98. The quantitative estimate of drug-likeness (QED) is 0.874. The molecule has 0 aliphatic heterocycles. The van der Waals surface area contributed by atoms with Crippen molar-refractivity contribution in [2.45, 2.75) is 32.7 Å². The Bertz CT molecular complexity index is 558. The summed E-state index contributed by atoms with van der Waals surface area (Å²) in [5.74, 6) is -0.359. The standard InChI is InChI=1S/C16H22FN3O2/c1-3-20(4-2)15(21)10-18-16(22)19-14-8-5-11-9-12(17)6-7-13(11)14/h6-7,9,14H,3-5,8,10H2,1-2H3,(H2,18,19,22). The van der Waals surface area contributed by atoms with E-state index >= 15 is 0 Å². The Labute approximate surface area is 129 Å². The number of fused-ring (bicyclic) bond motifs is 1. The molecule has 0 aromatic heterocycles. The molecule has 0 spiro atoms. The average molecular weight is 307 g/mol. The smallest absolute Gasteiger partial charge is 0.315 e. The lowest BCUT2D eigenvalue weighted by atomic mass is 10.1. The first-order valence-corrected chi connectivity index (χ1v) is 7.65. The Morgan fingerprint density at radius 3 is 2.73 bits per heavy atom. The number of carbonyl (C=O) groups excluding carboxylic acids is 2. The fourth-order valence-electron chi connectivity index (χ4n) is 2.79. The van der Waals surface area contributed by atoms with E-state index in [4.69, 9.17) is 0 Å². The molecule has 2 N–H and O–H groups in total. The maximum Gasteiger partial charge on any atom is 0.315 e. The molecular formula is C16H22FN3O2. The molecule has 2 rings (SSSR count). The fraction of sp³-hybridized carbons (Fsp3) is 0.500. The number of nitrogens with zero attached hydrogens (tertiary/aromatic N) is 1. The fourth-order valence-corrected chi connectivity index (χ4v) is 2.79. The maximum absolute atomic E-state index is 13.2. The summed E-state index contributed by atoms with van der Waals surface area (Å²) in [4.78, 5) is 25.4. The third kappa shape index (κ3) is 3.75. The lowest BCUT2D eigenvalue weighted by Crippen LogP contribution is -2.44. The second kappa shape index (κ2) is 7.24. The molecule has 5 nitrogen and oxygen atoms in total. The third-order valence-electron chi connectivity index (χ3n) is 4.00. The average Bonchev–Trinajstić information content (AvgIpc) is 2.88. The van der Waals surface area contributed by atoms with Crippen LogP contribution in [0.4, 0.5) is 9.18 Å². The summed E-state index contributed by atoms with van der Waals surface area (Å²) in [6, 6.07) is 4.13. The molecule has 0 saturated carbocycles. The van der Waals surface area contributed by atoms with Crippen LogP contribution in [0, 0.1) is 5.82 Å². The zero-order chi connectivity index (χ0) is 16.1. The first kappa shape index (κ1) is 16.3. The highest BCUT2D eigenvalue weighted by Gasteiger charge is 2.24. The van der Waals surface area contributed by atoms with Gasteiger partial charge < -0.3 is 15.5 Å². The molecule has 0 radical (unpaired) electrons. The normalized spacial score (nSPS) is 16.0. The molecule has 0 heterocycles. The number of hydrogen-bond acceptors (Lipinski definition) is 2. The van der Waals surface area contributed by atoms with E-state index in [1.165, 1.54) is 12.1 Å². The molecule has 1 atom stereocenters. The van der Waals surface area contributed by atoms with Gasteiger partial charge >= 0.3 is 6.03 Å². The minimum atomic E-state index is -0.373. The van der Waals surface area contributed by atoms with Crippen LogP contribution in [0.15, 0.2) is 18.2 Å². The molecule has 1 aliphatic carbocycles. The molecule has 6 heteroatoms. The van der Waals surface area contributed by atoms with Crippen molar-refractivity contribution in [2.75, 3.05) is 19.6 Å². The molecule has 120 valence electrons. The van der Waals surface area contributed by atoms with Crippen LogP contribution < -0.4 is 10.6 Å². The van der Waals surface area contributed by atoms with E-state index in [2.05, 4.69) is 10.6 Å². The first-order chi connectivity index (χ1) is 10.5. The Balaban J connectivity index is 1.85. The summed E-state index contributed by atoms with van der Waals surface area (Å²) in [5, 5.41) is 5.43. The van der Waals surface area contributed by atoms with Crippen LogP contribution in [0.1, 0.15) is 37.4 Å². The summed E-state index contributed by atoms with van der Waals surface area (Å²) in [7, 11) is 0. The molecule has 0 fully saturated rings. The lowest BCUT2D eigenvalue weighted by Gasteiger charge is -2.19. The van der Waals surface area contributed by atoms with Gasteiger partial charge in [-0.2, -0.15) is 0 Å². The van der Waals surface area contributed by atoms with Gasteiger partial charge in [0.15, 0.2) is 0 Å². The molecular weight excluding hydrogens is 285 g/mol. The van der Waals surface area contributed by atoms with Crippen molar-refractivity contribution in [3.05, 3.63) is 35.1 Å². The molecule has 1 aromatic rings. The van der Waals surface area contributed by atoms with Gasteiger partial charge in [0, 0.05) is 13.1 Å². The minimum Gasteiger partial charge on any atom is -0.342 e. The van der Waals surface area contributed by atoms with Gasteiger partial charge in [-0.3, -0.25) is 4.79 Å². The predicted molar refractivity (Wildman–Crippen MR) is 81.9 cm³/mol. The summed E-state index contributed by atoms with van der Waals surface area (Å²) in [5.41, 5.74) is 1.89. The zero-order valence-corrected chi connectivity index (χ0v) is 13.0. The van der Waals surface area contributed by atoms with Crippen molar-refractivity contribution >= 4 is 11.9 Å². The van der Waals surface area contributed by atoms with Gasteiger partial charge in [-0.25, -0.2) is 9.18 Å². The number of aryl methyl sites for hydroxylation is 1. The van der Waals surface area contributed by atoms with E-state index in [1.807, 2.05) is 13.8 Å². The van der Waals surface area contributed by atoms with Crippen LogP contribution in [-0.2, 0) is 11.2 Å². The van der Waals surface area contributed by atoms with Crippen molar-refractivity contribution in [2.24, 2.45) is 0 Å². The molecule has 22 heavy (non-hydrogen) atoms. The minimum absolute atomic E-state index is 0.0174. The summed E-state index contributed by atoms with van der Waals surface area (Å²) in [6.45, 7) is 5.03. The monoisotopic (exact) mass is 307 g/mol. The zero-order valence-electron chi connectivity index (χ0n) is 13.0. The van der Waals surface area contributed by atoms with Crippen molar-refractivity contribution in [3.8, 4) is 0 Å². The van der Waals surface area contributed by atoms with Crippen molar-refractivity contribution < 1.29 is 14.0 Å². The van der Waals surface area contributed by atoms with Crippen molar-refractivity contribution in [1.29, 1.82) is 0 Å². The number of amides is 3. The van der Waals surface area contributed by atoms with Gasteiger partial charge in [0.1, 0.15) is 5.82 Å². The van der Waals surface area contributed by atoms with E-state index in [-0.39, 0.29) is 30.3 Å². The SMILES string of the molecule is CCN(CC)C(=O)CNC(=O)NC1CCc2cc(F)ccc21. The van der Waals surface area contributed by atoms with Crippen LogP contribution in [0.3, 0.4) is 0 Å². The number of halogens is 1.